The number of carbonyl (C=O) groups excluding carboxylic acids is 2. The van der Waals surface area contributed by atoms with Crippen LogP contribution in [0.1, 0.15) is 70.9 Å². The molecule has 150 valence electrons. The van der Waals surface area contributed by atoms with E-state index < -0.39 is 0 Å². The summed E-state index contributed by atoms with van der Waals surface area (Å²) in [5.74, 6) is 0.346. The van der Waals surface area contributed by atoms with Crippen LogP contribution in [0, 0.1) is 0 Å². The number of methoxy groups -OCH3 is 1. The predicted molar refractivity (Wildman–Crippen MR) is 106 cm³/mol. The second-order valence-corrected chi connectivity index (χ2v) is 8.37. The first-order valence-electron chi connectivity index (χ1n) is 9.88. The number of nitrogens with one attached hydrogen (secondary N) is 1. The Hall–Kier alpha value is -2.35. The lowest BCUT2D eigenvalue weighted by molar-refractivity contribution is 0.0601. The smallest absolute Gasteiger partial charge is 0.341 e. The average molecular weight is 404 g/mol. The van der Waals surface area contributed by atoms with Crippen LogP contribution in [-0.2, 0) is 24.0 Å². The van der Waals surface area contributed by atoms with Gasteiger partial charge in [0.15, 0.2) is 5.76 Å². The third kappa shape index (κ3) is 3.41. The lowest BCUT2D eigenvalue weighted by atomic mass is 9.95. The van der Waals surface area contributed by atoms with E-state index in [1.54, 1.807) is 4.90 Å². The molecule has 0 spiro atoms. The summed E-state index contributed by atoms with van der Waals surface area (Å²) in [5.41, 5.74) is 2.46. The van der Waals surface area contributed by atoms with E-state index in [0.717, 1.165) is 62.0 Å². The summed E-state index contributed by atoms with van der Waals surface area (Å²) >= 11 is 1.50. The van der Waals surface area contributed by atoms with Gasteiger partial charge in [-0.15, -0.1) is 11.3 Å². The molecule has 0 bridgehead atoms. The van der Waals surface area contributed by atoms with E-state index in [2.05, 4.69) is 10.5 Å². The number of hydrogen-bond donors (Lipinski definition) is 1. The summed E-state index contributed by atoms with van der Waals surface area (Å²) in [4.78, 5) is 28.4. The van der Waals surface area contributed by atoms with Crippen LogP contribution < -0.4 is 5.32 Å². The fourth-order valence-electron chi connectivity index (χ4n) is 4.10. The summed E-state index contributed by atoms with van der Waals surface area (Å²) in [6.07, 6.45) is 6.52. The molecule has 1 saturated heterocycles. The summed E-state index contributed by atoms with van der Waals surface area (Å²) in [6, 6.07) is 1.60. The Kier molecular flexibility index (Phi) is 5.39. The monoisotopic (exact) mass is 403 g/mol. The molecule has 0 aromatic carbocycles. The van der Waals surface area contributed by atoms with Gasteiger partial charge in [0, 0.05) is 17.5 Å². The molecule has 0 radical (unpaired) electrons. The van der Waals surface area contributed by atoms with Crippen molar-refractivity contribution in [2.75, 3.05) is 19.0 Å². The summed E-state index contributed by atoms with van der Waals surface area (Å²) in [5, 5.41) is 7.64. The van der Waals surface area contributed by atoms with Crippen LogP contribution in [0.25, 0.3) is 0 Å². The van der Waals surface area contributed by atoms with E-state index in [4.69, 9.17) is 9.26 Å². The van der Waals surface area contributed by atoms with Gasteiger partial charge >= 0.3 is 12.0 Å². The van der Waals surface area contributed by atoms with E-state index in [1.807, 2.05) is 13.0 Å². The first kappa shape index (κ1) is 19.0. The zero-order valence-corrected chi connectivity index (χ0v) is 17.1. The maximum Gasteiger partial charge on any atom is 0.341 e. The number of rotatable bonds is 4. The highest BCUT2D eigenvalue weighted by molar-refractivity contribution is 7.17. The fraction of sp³-hybridized carbons (Fsp3) is 0.550. The van der Waals surface area contributed by atoms with E-state index in [9.17, 15) is 9.59 Å². The van der Waals surface area contributed by atoms with Crippen molar-refractivity contribution in [3.05, 3.63) is 33.5 Å². The minimum Gasteiger partial charge on any atom is -0.465 e. The average Bonchev–Trinajstić information content (AvgIpc) is 3.43. The van der Waals surface area contributed by atoms with Gasteiger partial charge < -0.3 is 14.2 Å². The van der Waals surface area contributed by atoms with Gasteiger partial charge in [-0.3, -0.25) is 5.32 Å². The van der Waals surface area contributed by atoms with Gasteiger partial charge in [0.25, 0.3) is 0 Å². The molecule has 2 aromatic rings. The highest BCUT2D eigenvalue weighted by Crippen LogP contribution is 2.39. The summed E-state index contributed by atoms with van der Waals surface area (Å²) in [6.45, 7) is 2.67. The van der Waals surface area contributed by atoms with Crippen LogP contribution in [-0.4, -0.2) is 35.7 Å². The lowest BCUT2D eigenvalue weighted by Crippen LogP contribution is -2.34. The number of nitrogens with zero attached hydrogens (tertiary/aromatic N) is 2. The van der Waals surface area contributed by atoms with Crippen LogP contribution >= 0.6 is 11.3 Å². The van der Waals surface area contributed by atoms with Gasteiger partial charge in [0.05, 0.1) is 24.4 Å². The number of carbonyl (C=O) groups is 2. The minimum absolute atomic E-state index is 0.121. The van der Waals surface area contributed by atoms with Crippen LogP contribution in [0.5, 0.6) is 0 Å². The van der Waals surface area contributed by atoms with Crippen LogP contribution in [0.3, 0.4) is 0 Å². The van der Waals surface area contributed by atoms with Crippen LogP contribution in [0.4, 0.5) is 9.80 Å². The molecular weight excluding hydrogens is 378 g/mol. The Balaban J connectivity index is 1.57. The number of fused-ring (bicyclic) bond motifs is 1. The highest BCUT2D eigenvalue weighted by atomic mass is 32.1. The molecule has 8 heteroatoms. The molecule has 1 fully saturated rings. The van der Waals surface area contributed by atoms with Gasteiger partial charge in [-0.05, 0) is 50.5 Å². The first-order chi connectivity index (χ1) is 13.6. The number of ether oxygens (including phenoxy) is 1. The molecule has 2 aliphatic rings. The van der Waals surface area contributed by atoms with Crippen molar-refractivity contribution in [3.8, 4) is 0 Å². The number of likely N-dealkylation sites (tertiary alicyclic amines) is 1. The number of hydrogen-bond acceptors (Lipinski definition) is 6. The van der Waals surface area contributed by atoms with E-state index in [0.29, 0.717) is 17.1 Å². The molecule has 0 unspecified atom stereocenters. The van der Waals surface area contributed by atoms with Gasteiger partial charge in [-0.2, -0.15) is 0 Å². The van der Waals surface area contributed by atoms with Gasteiger partial charge in [0.2, 0.25) is 0 Å². The molecule has 7 nitrogen and oxygen atoms in total. The third-order valence-electron chi connectivity index (χ3n) is 5.56. The Morgan fingerprint density at radius 3 is 2.93 bits per heavy atom. The number of esters is 1. The number of aryl methyl sites for hydroxylation is 2. The Morgan fingerprint density at radius 1 is 1.36 bits per heavy atom. The van der Waals surface area contributed by atoms with Crippen molar-refractivity contribution >= 4 is 28.3 Å². The maximum absolute atomic E-state index is 13.1. The number of anilines is 1. The number of amides is 2. The summed E-state index contributed by atoms with van der Waals surface area (Å²) < 4.78 is 10.5. The van der Waals surface area contributed by atoms with Crippen LogP contribution in [0.15, 0.2) is 10.6 Å². The molecule has 1 aliphatic heterocycles. The normalized spacial score (nSPS) is 18.8. The SMILES string of the molecule is CCc1cc([C@@H]2CCCN2C(=O)Nc2sc3c(c2C(=O)OC)CCCC3)on1. The van der Waals surface area contributed by atoms with Crippen molar-refractivity contribution in [1.29, 1.82) is 0 Å². The first-order valence-corrected chi connectivity index (χ1v) is 10.7. The van der Waals surface area contributed by atoms with E-state index in [-0.39, 0.29) is 18.0 Å². The highest BCUT2D eigenvalue weighted by Gasteiger charge is 2.34. The minimum atomic E-state index is -0.379. The van der Waals surface area contributed by atoms with Crippen molar-refractivity contribution in [3.63, 3.8) is 0 Å². The lowest BCUT2D eigenvalue weighted by Gasteiger charge is -2.23. The third-order valence-corrected chi connectivity index (χ3v) is 6.77. The van der Waals surface area contributed by atoms with E-state index in [1.165, 1.54) is 23.3 Å². The van der Waals surface area contributed by atoms with Crippen molar-refractivity contribution in [2.24, 2.45) is 0 Å². The Bertz CT molecular complexity index is 888. The molecule has 1 atom stereocenters. The number of urea groups is 1. The van der Waals surface area contributed by atoms with Crippen LogP contribution in [0.2, 0.25) is 0 Å². The van der Waals surface area contributed by atoms with Crippen molar-refractivity contribution in [2.45, 2.75) is 57.9 Å². The predicted octanol–water partition coefficient (Wildman–Crippen LogP) is 4.33. The quantitative estimate of drug-likeness (QED) is 0.768. The fourth-order valence-corrected chi connectivity index (χ4v) is 5.37. The summed E-state index contributed by atoms with van der Waals surface area (Å²) in [7, 11) is 1.38. The standard InChI is InChI=1S/C20H25N3O4S/c1-3-12-11-15(27-22-12)14-8-6-10-23(14)20(25)21-18-17(19(24)26-2)13-7-4-5-9-16(13)28-18/h11,14H,3-10H2,1-2H3,(H,21,25)/t14-/m0/s1. The zero-order chi connectivity index (χ0) is 19.7. The largest absolute Gasteiger partial charge is 0.465 e. The molecule has 0 saturated carbocycles. The molecule has 2 aromatic heterocycles. The Morgan fingerprint density at radius 2 is 2.18 bits per heavy atom. The number of thiophene rings is 1. The van der Waals surface area contributed by atoms with Gasteiger partial charge in [-0.25, -0.2) is 9.59 Å². The van der Waals surface area contributed by atoms with E-state index >= 15 is 0 Å². The molecule has 1 N–H and O–H groups in total. The molecule has 2 amide bonds. The molecule has 28 heavy (non-hydrogen) atoms. The number of aromatic nitrogens is 1. The second kappa shape index (κ2) is 7.95. The van der Waals surface area contributed by atoms with Gasteiger partial charge in [-0.1, -0.05) is 12.1 Å². The zero-order valence-electron chi connectivity index (χ0n) is 16.2. The molecule has 3 heterocycles. The Labute approximate surface area is 168 Å². The second-order valence-electron chi connectivity index (χ2n) is 7.26. The van der Waals surface area contributed by atoms with Crippen molar-refractivity contribution in [1.82, 2.24) is 10.1 Å². The molecule has 1 aliphatic carbocycles. The molecule has 4 rings (SSSR count). The topological polar surface area (TPSA) is 84.7 Å². The van der Waals surface area contributed by atoms with Gasteiger partial charge in [0.1, 0.15) is 5.00 Å². The molecular formula is C20H25N3O4S. The maximum atomic E-state index is 13.1. The van der Waals surface area contributed by atoms with Crippen molar-refractivity contribution < 1.29 is 18.8 Å².